The Morgan fingerprint density at radius 3 is 2.34 bits per heavy atom. The van der Waals surface area contributed by atoms with Gasteiger partial charge in [0.15, 0.2) is 0 Å². The lowest BCUT2D eigenvalue weighted by atomic mass is 10.1. The Morgan fingerprint density at radius 1 is 1.06 bits per heavy atom. The molecule has 7 nitrogen and oxygen atoms in total. The van der Waals surface area contributed by atoms with Gasteiger partial charge in [0.2, 0.25) is 21.8 Å². The lowest BCUT2D eigenvalue weighted by molar-refractivity contribution is -0.140. The number of aryl methyl sites for hydroxylation is 1. The van der Waals surface area contributed by atoms with Crippen LogP contribution < -0.4 is 9.62 Å². The molecule has 35 heavy (non-hydrogen) atoms. The highest BCUT2D eigenvalue weighted by Gasteiger charge is 2.27. The normalized spacial score (nSPS) is 12.3. The molecule has 192 valence electrons. The molecule has 0 unspecified atom stereocenters. The van der Waals surface area contributed by atoms with Crippen molar-refractivity contribution in [2.75, 3.05) is 23.7 Å². The van der Waals surface area contributed by atoms with Crippen molar-refractivity contribution in [2.45, 2.75) is 53.1 Å². The van der Waals surface area contributed by atoms with Crippen LogP contribution in [-0.2, 0) is 26.2 Å². The Morgan fingerprint density at radius 2 is 1.74 bits per heavy atom. The molecule has 0 aliphatic heterocycles. The summed E-state index contributed by atoms with van der Waals surface area (Å²) in [5.41, 5.74) is 2.25. The molecule has 2 rings (SSSR count). The van der Waals surface area contributed by atoms with Crippen molar-refractivity contribution in [3.63, 3.8) is 0 Å². The predicted molar refractivity (Wildman–Crippen MR) is 142 cm³/mol. The first kappa shape index (κ1) is 28.7. The summed E-state index contributed by atoms with van der Waals surface area (Å²) in [6.07, 6.45) is 1.55. The first-order valence-corrected chi connectivity index (χ1v) is 14.0. The Hall–Kier alpha value is -2.58. The largest absolute Gasteiger partial charge is 0.354 e. The van der Waals surface area contributed by atoms with Gasteiger partial charge < -0.3 is 10.2 Å². The van der Waals surface area contributed by atoms with E-state index in [2.05, 4.69) is 5.32 Å². The second-order valence-electron chi connectivity index (χ2n) is 9.21. The van der Waals surface area contributed by atoms with Crippen molar-refractivity contribution in [2.24, 2.45) is 5.92 Å². The SMILES string of the molecule is Cc1cccc(N(CCCC(=O)N(Cc2ccccc2Cl)[C@H](C)C(=O)NCC(C)C)S(C)(=O)=O)c1. The number of amides is 2. The maximum atomic E-state index is 13.3. The average Bonchev–Trinajstić information content (AvgIpc) is 2.78. The topological polar surface area (TPSA) is 86.8 Å². The molecular formula is C26H36ClN3O4S. The van der Waals surface area contributed by atoms with E-state index in [0.29, 0.717) is 23.7 Å². The van der Waals surface area contributed by atoms with Crippen LogP contribution in [-0.4, -0.2) is 50.5 Å². The van der Waals surface area contributed by atoms with Gasteiger partial charge in [-0.05, 0) is 55.5 Å². The molecule has 0 heterocycles. The Balaban J connectivity index is 2.17. The van der Waals surface area contributed by atoms with Crippen molar-refractivity contribution in [3.05, 3.63) is 64.7 Å². The first-order chi connectivity index (χ1) is 16.4. The van der Waals surface area contributed by atoms with E-state index in [0.717, 1.165) is 17.4 Å². The highest BCUT2D eigenvalue weighted by molar-refractivity contribution is 7.92. The van der Waals surface area contributed by atoms with Gasteiger partial charge >= 0.3 is 0 Å². The third-order valence-corrected chi connectivity index (χ3v) is 7.15. The van der Waals surface area contributed by atoms with Gasteiger partial charge in [-0.1, -0.05) is 55.8 Å². The summed E-state index contributed by atoms with van der Waals surface area (Å²) in [6.45, 7) is 8.44. The van der Waals surface area contributed by atoms with Gasteiger partial charge in [0.25, 0.3) is 0 Å². The van der Waals surface area contributed by atoms with Crippen molar-refractivity contribution in [1.82, 2.24) is 10.2 Å². The number of carbonyl (C=O) groups is 2. The molecule has 0 aromatic heterocycles. The van der Waals surface area contributed by atoms with Crippen LogP contribution in [0, 0.1) is 12.8 Å². The molecule has 0 saturated heterocycles. The lowest BCUT2D eigenvalue weighted by Gasteiger charge is -2.30. The monoisotopic (exact) mass is 521 g/mol. The lowest BCUT2D eigenvalue weighted by Crippen LogP contribution is -2.48. The van der Waals surface area contributed by atoms with Gasteiger partial charge in [-0.3, -0.25) is 13.9 Å². The number of hydrogen-bond acceptors (Lipinski definition) is 4. The zero-order valence-electron chi connectivity index (χ0n) is 21.1. The molecule has 2 amide bonds. The van der Waals surface area contributed by atoms with Gasteiger partial charge in [-0.15, -0.1) is 0 Å². The molecule has 0 spiro atoms. The minimum atomic E-state index is -3.53. The van der Waals surface area contributed by atoms with E-state index in [-0.39, 0.29) is 37.2 Å². The number of carbonyl (C=O) groups excluding carboxylic acids is 2. The smallest absolute Gasteiger partial charge is 0.242 e. The van der Waals surface area contributed by atoms with Gasteiger partial charge in [0, 0.05) is 31.1 Å². The second kappa shape index (κ2) is 12.9. The molecule has 1 atom stereocenters. The molecule has 0 saturated carbocycles. The minimum absolute atomic E-state index is 0.0874. The average molecular weight is 522 g/mol. The Labute approximate surface area is 214 Å². The summed E-state index contributed by atoms with van der Waals surface area (Å²) in [6, 6.07) is 13.7. The van der Waals surface area contributed by atoms with E-state index in [4.69, 9.17) is 11.6 Å². The fourth-order valence-corrected chi connectivity index (χ4v) is 4.78. The molecule has 1 N–H and O–H groups in total. The number of rotatable bonds is 12. The minimum Gasteiger partial charge on any atom is -0.354 e. The van der Waals surface area contributed by atoms with Crippen LogP contribution in [0.1, 0.15) is 44.7 Å². The third-order valence-electron chi connectivity index (χ3n) is 5.59. The summed E-state index contributed by atoms with van der Waals surface area (Å²) in [4.78, 5) is 27.6. The summed E-state index contributed by atoms with van der Waals surface area (Å²) in [5, 5.41) is 3.40. The van der Waals surface area contributed by atoms with E-state index < -0.39 is 16.1 Å². The second-order valence-corrected chi connectivity index (χ2v) is 11.5. The maximum Gasteiger partial charge on any atom is 0.242 e. The molecule has 0 radical (unpaired) electrons. The number of sulfonamides is 1. The Bertz CT molecular complexity index is 1120. The summed E-state index contributed by atoms with van der Waals surface area (Å²) >= 11 is 6.32. The molecule has 0 bridgehead atoms. The van der Waals surface area contributed by atoms with Crippen molar-refractivity contribution >= 4 is 39.1 Å². The summed E-state index contributed by atoms with van der Waals surface area (Å²) in [5.74, 6) is -0.200. The fraction of sp³-hybridized carbons (Fsp3) is 0.462. The van der Waals surface area contributed by atoms with Crippen LogP contribution in [0.2, 0.25) is 5.02 Å². The van der Waals surface area contributed by atoms with Crippen molar-refractivity contribution in [1.29, 1.82) is 0 Å². The van der Waals surface area contributed by atoms with Gasteiger partial charge in [-0.25, -0.2) is 8.42 Å². The highest BCUT2D eigenvalue weighted by Crippen LogP contribution is 2.22. The van der Waals surface area contributed by atoms with Crippen LogP contribution in [0.3, 0.4) is 0 Å². The molecule has 0 aliphatic rings. The predicted octanol–water partition coefficient (Wildman–Crippen LogP) is 4.38. The molecule has 2 aromatic rings. The zero-order chi connectivity index (χ0) is 26.2. The van der Waals surface area contributed by atoms with E-state index >= 15 is 0 Å². The maximum absolute atomic E-state index is 13.3. The molecule has 9 heteroatoms. The quantitative estimate of drug-likeness (QED) is 0.449. The van der Waals surface area contributed by atoms with Crippen molar-refractivity contribution in [3.8, 4) is 0 Å². The fourth-order valence-electron chi connectivity index (χ4n) is 3.63. The number of nitrogens with one attached hydrogen (secondary N) is 1. The summed E-state index contributed by atoms with van der Waals surface area (Å²) in [7, 11) is -3.53. The van der Waals surface area contributed by atoms with Crippen LogP contribution in [0.4, 0.5) is 5.69 Å². The number of hydrogen-bond donors (Lipinski definition) is 1. The molecular weight excluding hydrogens is 486 g/mol. The Kier molecular flexibility index (Phi) is 10.6. The number of anilines is 1. The summed E-state index contributed by atoms with van der Waals surface area (Å²) < 4.78 is 26.1. The third kappa shape index (κ3) is 8.85. The highest BCUT2D eigenvalue weighted by atomic mass is 35.5. The van der Waals surface area contributed by atoms with E-state index in [1.807, 2.05) is 45.0 Å². The van der Waals surface area contributed by atoms with Crippen LogP contribution in [0.25, 0.3) is 0 Å². The van der Waals surface area contributed by atoms with Gasteiger partial charge in [0.1, 0.15) is 6.04 Å². The standard InChI is InChI=1S/C26H36ClN3O4S/c1-19(2)17-28-26(32)21(4)29(18-22-11-6-7-13-24(22)27)25(31)14-9-15-30(35(5,33)34)23-12-8-10-20(3)16-23/h6-8,10-13,16,19,21H,9,14-15,17-18H2,1-5H3,(H,28,32)/t21-/m1/s1. The number of halogens is 1. The van der Waals surface area contributed by atoms with E-state index in [1.54, 1.807) is 31.2 Å². The van der Waals surface area contributed by atoms with E-state index in [1.165, 1.54) is 9.21 Å². The first-order valence-electron chi connectivity index (χ1n) is 11.7. The molecule has 2 aromatic carbocycles. The van der Waals surface area contributed by atoms with Crippen molar-refractivity contribution < 1.29 is 18.0 Å². The number of nitrogens with zero attached hydrogens (tertiary/aromatic N) is 2. The van der Waals surface area contributed by atoms with E-state index in [9.17, 15) is 18.0 Å². The molecule has 0 aliphatic carbocycles. The van der Waals surface area contributed by atoms with Crippen LogP contribution >= 0.6 is 11.6 Å². The van der Waals surface area contributed by atoms with Gasteiger partial charge in [0.05, 0.1) is 11.9 Å². The zero-order valence-corrected chi connectivity index (χ0v) is 22.7. The van der Waals surface area contributed by atoms with Crippen LogP contribution in [0.15, 0.2) is 48.5 Å². The molecule has 0 fully saturated rings. The van der Waals surface area contributed by atoms with Gasteiger partial charge in [-0.2, -0.15) is 0 Å². The van der Waals surface area contributed by atoms with Crippen LogP contribution in [0.5, 0.6) is 0 Å². The number of benzene rings is 2.